The fourth-order valence-electron chi connectivity index (χ4n) is 5.08. The molecule has 0 aromatic rings. The van der Waals surface area contributed by atoms with E-state index in [-0.39, 0.29) is 25.9 Å². The average molecular weight is 751 g/mol. The van der Waals surface area contributed by atoms with Gasteiger partial charge in [0.15, 0.2) is 6.10 Å². The zero-order chi connectivity index (χ0) is 38.5. The number of unbranched alkanes of at least 4 members (excludes halogenated alkanes) is 10. The van der Waals surface area contributed by atoms with Crippen LogP contribution in [0.4, 0.5) is 0 Å². The largest absolute Gasteiger partial charge is 0.469 e. The summed E-state index contributed by atoms with van der Waals surface area (Å²) in [6.07, 6.45) is 41.0. The third-order valence-electron chi connectivity index (χ3n) is 8.04. The Hall–Kier alpha value is -2.55. The Morgan fingerprint density at radius 2 is 1.12 bits per heavy atom. The molecule has 3 N–H and O–H groups in total. The molecule has 0 bridgehead atoms. The maximum absolute atomic E-state index is 12.4. The first-order chi connectivity index (χ1) is 25.0. The van der Waals surface area contributed by atoms with Crippen molar-refractivity contribution >= 4 is 19.8 Å². The second-order valence-electron chi connectivity index (χ2n) is 13.6. The lowest BCUT2D eigenvalue weighted by molar-refractivity contribution is -0.161. The van der Waals surface area contributed by atoms with Crippen LogP contribution < -0.4 is 0 Å². The van der Waals surface area contributed by atoms with E-state index in [4.69, 9.17) is 19.3 Å². The summed E-state index contributed by atoms with van der Waals surface area (Å²) in [7, 11) is -4.82. The summed E-state index contributed by atoms with van der Waals surface area (Å²) in [6.45, 7) is 5.67. The standard InChI is InChI=1S/C42H71O9P/c1-4-5-6-7-8-9-10-11-12-13-14-17-20-23-26-29-32-39(43)34-35-42(45)51-40(37-50-52(46,47)48)36-49-41(44)33-30-27-24-21-18-15-16-19-22-25-28-31-38(2)3/h5-6,8-9,11-12,14,17,23,26,29,32,38-40,43H,4,7,10,13,15-16,18-22,24-25,27-28,30-31,33-37H2,1-3H3,(H2,46,47,48)/b6-5-,9-8-,12-11-,17-14-,26-23-,32-29-/t39?,40-/m1/s1. The lowest BCUT2D eigenvalue weighted by Crippen LogP contribution is -2.29. The first kappa shape index (κ1) is 49.5. The molecule has 0 aliphatic rings. The van der Waals surface area contributed by atoms with Crippen LogP contribution in [0.1, 0.15) is 149 Å². The second kappa shape index (κ2) is 35.5. The third-order valence-corrected chi connectivity index (χ3v) is 8.52. The average Bonchev–Trinajstić information content (AvgIpc) is 3.09. The summed E-state index contributed by atoms with van der Waals surface area (Å²) in [5, 5.41) is 10.2. The monoisotopic (exact) mass is 750 g/mol. The van der Waals surface area contributed by atoms with Crippen molar-refractivity contribution < 1.29 is 43.0 Å². The molecule has 0 aliphatic carbocycles. The van der Waals surface area contributed by atoms with Gasteiger partial charge in [0.25, 0.3) is 0 Å². The van der Waals surface area contributed by atoms with Gasteiger partial charge in [-0.25, -0.2) is 4.57 Å². The Morgan fingerprint density at radius 1 is 0.615 bits per heavy atom. The predicted molar refractivity (Wildman–Crippen MR) is 213 cm³/mol. The molecule has 0 aromatic heterocycles. The summed E-state index contributed by atoms with van der Waals surface area (Å²) >= 11 is 0. The van der Waals surface area contributed by atoms with Crippen molar-refractivity contribution in [3.05, 3.63) is 72.9 Å². The van der Waals surface area contributed by atoms with Crippen LogP contribution in [-0.2, 0) is 28.2 Å². The van der Waals surface area contributed by atoms with E-state index in [1.807, 2.05) is 12.2 Å². The number of hydrogen-bond acceptors (Lipinski definition) is 7. The highest BCUT2D eigenvalue weighted by Gasteiger charge is 2.23. The van der Waals surface area contributed by atoms with Gasteiger partial charge in [-0.15, -0.1) is 0 Å². The number of carbonyl (C=O) groups excluding carboxylic acids is 2. The molecule has 0 amide bonds. The van der Waals surface area contributed by atoms with E-state index >= 15 is 0 Å². The molecule has 0 fully saturated rings. The summed E-state index contributed by atoms with van der Waals surface area (Å²) < 4.78 is 26.2. The molecule has 0 radical (unpaired) electrons. The summed E-state index contributed by atoms with van der Waals surface area (Å²) in [5.74, 6) is -0.375. The maximum atomic E-state index is 12.4. The van der Waals surface area contributed by atoms with E-state index in [1.54, 1.807) is 12.2 Å². The van der Waals surface area contributed by atoms with Crippen molar-refractivity contribution in [1.82, 2.24) is 0 Å². The highest BCUT2D eigenvalue weighted by atomic mass is 31.2. The Morgan fingerprint density at radius 3 is 1.63 bits per heavy atom. The van der Waals surface area contributed by atoms with Crippen LogP contribution in [-0.4, -0.2) is 52.3 Å². The molecule has 298 valence electrons. The molecule has 0 saturated carbocycles. The minimum Gasteiger partial charge on any atom is -0.462 e. The van der Waals surface area contributed by atoms with Crippen molar-refractivity contribution in [2.45, 2.75) is 161 Å². The molecule has 0 saturated heterocycles. The van der Waals surface area contributed by atoms with Crippen LogP contribution in [0.2, 0.25) is 0 Å². The van der Waals surface area contributed by atoms with Gasteiger partial charge in [0, 0.05) is 12.8 Å². The predicted octanol–water partition coefficient (Wildman–Crippen LogP) is 10.7. The Balaban J connectivity index is 4.22. The van der Waals surface area contributed by atoms with Crippen molar-refractivity contribution in [2.24, 2.45) is 5.92 Å². The Kier molecular flexibility index (Phi) is 33.7. The molecule has 9 nitrogen and oxygen atoms in total. The number of esters is 2. The Labute approximate surface area is 315 Å². The number of carbonyl (C=O) groups is 2. The topological polar surface area (TPSA) is 140 Å². The molecule has 52 heavy (non-hydrogen) atoms. The molecule has 0 aromatic carbocycles. The van der Waals surface area contributed by atoms with Gasteiger partial charge in [-0.1, -0.05) is 164 Å². The SMILES string of the molecule is CC/C=C\C/C=C\C/C=C\C/C=C\C/C=C\C=C/C(O)CCC(=O)O[C@H](COC(=O)CCCCCCCCCCCCCC(C)C)COP(=O)(O)O. The van der Waals surface area contributed by atoms with Gasteiger partial charge in [0.1, 0.15) is 6.61 Å². The number of rotatable bonds is 34. The molecule has 0 heterocycles. The molecular weight excluding hydrogens is 679 g/mol. The van der Waals surface area contributed by atoms with E-state index in [2.05, 4.69) is 73.9 Å². The maximum Gasteiger partial charge on any atom is 0.469 e. The zero-order valence-corrected chi connectivity index (χ0v) is 33.3. The number of phosphoric ester groups is 1. The number of aliphatic hydroxyl groups is 1. The van der Waals surface area contributed by atoms with Crippen molar-refractivity contribution in [1.29, 1.82) is 0 Å². The molecule has 10 heteroatoms. The van der Waals surface area contributed by atoms with Gasteiger partial charge >= 0.3 is 19.8 Å². The summed E-state index contributed by atoms with van der Waals surface area (Å²) in [6, 6.07) is 0. The molecule has 1 unspecified atom stereocenters. The van der Waals surface area contributed by atoms with Crippen LogP contribution in [0.25, 0.3) is 0 Å². The minimum atomic E-state index is -4.82. The molecule has 0 spiro atoms. The van der Waals surface area contributed by atoms with Crippen LogP contribution in [0, 0.1) is 5.92 Å². The van der Waals surface area contributed by atoms with Crippen molar-refractivity contribution in [3.63, 3.8) is 0 Å². The van der Waals surface area contributed by atoms with E-state index < -0.39 is 38.6 Å². The van der Waals surface area contributed by atoms with E-state index in [1.165, 1.54) is 51.4 Å². The number of hydrogen-bond donors (Lipinski definition) is 3. The van der Waals surface area contributed by atoms with E-state index in [0.29, 0.717) is 6.42 Å². The highest BCUT2D eigenvalue weighted by Crippen LogP contribution is 2.36. The van der Waals surface area contributed by atoms with Crippen molar-refractivity contribution in [3.8, 4) is 0 Å². The van der Waals surface area contributed by atoms with Gasteiger partial charge in [0.2, 0.25) is 0 Å². The van der Waals surface area contributed by atoms with Crippen LogP contribution in [0.3, 0.4) is 0 Å². The van der Waals surface area contributed by atoms with Gasteiger partial charge in [-0.05, 0) is 50.9 Å². The van der Waals surface area contributed by atoms with E-state index in [9.17, 15) is 19.3 Å². The fourth-order valence-corrected chi connectivity index (χ4v) is 5.44. The van der Waals surface area contributed by atoms with Crippen LogP contribution >= 0.6 is 7.82 Å². The van der Waals surface area contributed by atoms with Gasteiger partial charge in [-0.2, -0.15) is 0 Å². The molecule has 0 rings (SSSR count). The number of ether oxygens (including phenoxy) is 2. The summed E-state index contributed by atoms with van der Waals surface area (Å²) in [4.78, 5) is 42.8. The Bertz CT molecular complexity index is 1100. The summed E-state index contributed by atoms with van der Waals surface area (Å²) in [5.41, 5.74) is 0. The first-order valence-corrected chi connectivity index (χ1v) is 21.2. The molecular formula is C42H71O9P. The first-order valence-electron chi connectivity index (χ1n) is 19.7. The lowest BCUT2D eigenvalue weighted by atomic mass is 10.0. The fraction of sp³-hybridized carbons (Fsp3) is 0.667. The van der Waals surface area contributed by atoms with Crippen LogP contribution in [0.5, 0.6) is 0 Å². The minimum absolute atomic E-state index is 0.0876. The second-order valence-corrected chi connectivity index (χ2v) is 14.8. The quantitative estimate of drug-likeness (QED) is 0.0193. The van der Waals surface area contributed by atoms with Gasteiger partial charge in [-0.3, -0.25) is 14.1 Å². The van der Waals surface area contributed by atoms with Gasteiger partial charge < -0.3 is 24.4 Å². The normalized spacial score (nSPS) is 14.0. The third kappa shape index (κ3) is 38.7. The number of aliphatic hydroxyl groups excluding tert-OH is 1. The number of allylic oxidation sites excluding steroid dienone is 11. The smallest absolute Gasteiger partial charge is 0.462 e. The van der Waals surface area contributed by atoms with Crippen LogP contribution in [0.15, 0.2) is 72.9 Å². The zero-order valence-electron chi connectivity index (χ0n) is 32.5. The molecule has 0 aliphatic heterocycles. The lowest BCUT2D eigenvalue weighted by Gasteiger charge is -2.18. The van der Waals surface area contributed by atoms with Gasteiger partial charge in [0.05, 0.1) is 12.7 Å². The van der Waals surface area contributed by atoms with E-state index in [0.717, 1.165) is 57.3 Å². The highest BCUT2D eigenvalue weighted by molar-refractivity contribution is 7.46. The molecule has 2 atom stereocenters. The number of phosphoric acid groups is 1. The van der Waals surface area contributed by atoms with Crippen molar-refractivity contribution in [2.75, 3.05) is 13.2 Å².